The molecular formula is C27H25Zr-. The molecule has 1 aliphatic carbocycles. The van der Waals surface area contributed by atoms with E-state index >= 15 is 0 Å². The Bertz CT molecular complexity index is 950. The summed E-state index contributed by atoms with van der Waals surface area (Å²) in [5.41, 5.74) is 9.47. The van der Waals surface area contributed by atoms with E-state index < -0.39 is 0 Å². The topological polar surface area (TPSA) is 0 Å². The maximum absolute atomic E-state index is 2.31. The first kappa shape index (κ1) is 20.6. The van der Waals surface area contributed by atoms with Gasteiger partial charge < -0.3 is 0 Å². The Morgan fingerprint density at radius 1 is 0.750 bits per heavy atom. The van der Waals surface area contributed by atoms with Gasteiger partial charge in [-0.15, -0.1) is 35.4 Å². The normalized spacial score (nSPS) is 12.8. The largest absolute Gasteiger partial charge is 0.108 e. The van der Waals surface area contributed by atoms with E-state index in [1.54, 1.807) is 0 Å². The van der Waals surface area contributed by atoms with Gasteiger partial charge in [-0.2, -0.15) is 0 Å². The van der Waals surface area contributed by atoms with Crippen molar-refractivity contribution in [2.75, 3.05) is 0 Å². The van der Waals surface area contributed by atoms with Gasteiger partial charge in [0, 0.05) is 26.2 Å². The first-order valence-electron chi connectivity index (χ1n) is 9.64. The van der Waals surface area contributed by atoms with E-state index in [-0.39, 0.29) is 26.2 Å². The summed E-state index contributed by atoms with van der Waals surface area (Å²) in [6.45, 7) is 4.34. The second-order valence-corrected chi connectivity index (χ2v) is 7.39. The van der Waals surface area contributed by atoms with Crippen LogP contribution in [0.25, 0.3) is 0 Å². The maximum Gasteiger partial charge on any atom is 0 e. The first-order valence-corrected chi connectivity index (χ1v) is 9.64. The molecule has 1 heteroatoms. The zero-order valence-electron chi connectivity index (χ0n) is 16.6. The molecule has 0 nitrogen and oxygen atoms in total. The molecule has 0 aromatic heterocycles. The second-order valence-electron chi connectivity index (χ2n) is 7.39. The van der Waals surface area contributed by atoms with Crippen LogP contribution in [-0.2, 0) is 32.6 Å². The summed E-state index contributed by atoms with van der Waals surface area (Å²) in [5, 5.41) is 0. The summed E-state index contributed by atoms with van der Waals surface area (Å²) < 4.78 is 0. The van der Waals surface area contributed by atoms with Crippen molar-refractivity contribution >= 4 is 0 Å². The third-order valence-electron chi connectivity index (χ3n) is 5.18. The van der Waals surface area contributed by atoms with Gasteiger partial charge in [-0.25, -0.2) is 0 Å². The molecule has 0 radical (unpaired) electrons. The van der Waals surface area contributed by atoms with Gasteiger partial charge in [-0.3, -0.25) is 0 Å². The van der Waals surface area contributed by atoms with Gasteiger partial charge in [0.25, 0.3) is 0 Å². The molecule has 0 amide bonds. The summed E-state index contributed by atoms with van der Waals surface area (Å²) in [5.74, 6) is 1.37. The van der Waals surface area contributed by atoms with Gasteiger partial charge in [0.2, 0.25) is 0 Å². The predicted molar refractivity (Wildman–Crippen MR) is 115 cm³/mol. The molecule has 0 saturated carbocycles. The third kappa shape index (κ3) is 4.65. The quantitative estimate of drug-likeness (QED) is 0.384. The molecule has 0 heterocycles. The Morgan fingerprint density at radius 3 is 1.93 bits per heavy atom. The van der Waals surface area contributed by atoms with Crippen molar-refractivity contribution < 1.29 is 26.2 Å². The van der Waals surface area contributed by atoms with Gasteiger partial charge >= 0.3 is 0 Å². The fourth-order valence-corrected chi connectivity index (χ4v) is 3.91. The fourth-order valence-electron chi connectivity index (χ4n) is 3.91. The van der Waals surface area contributed by atoms with E-state index in [0.29, 0.717) is 0 Å². The predicted octanol–water partition coefficient (Wildman–Crippen LogP) is 6.77. The number of hydrogen-bond acceptors (Lipinski definition) is 0. The maximum atomic E-state index is 2.31. The van der Waals surface area contributed by atoms with Crippen LogP contribution < -0.4 is 0 Å². The number of rotatable bonds is 5. The minimum Gasteiger partial charge on any atom is -0.108 e. The summed E-state index contributed by atoms with van der Waals surface area (Å²) in [6, 6.07) is 28.6. The smallest absolute Gasteiger partial charge is 0 e. The Kier molecular flexibility index (Phi) is 6.92. The van der Waals surface area contributed by atoms with Gasteiger partial charge in [0.15, 0.2) is 0 Å². The third-order valence-corrected chi connectivity index (χ3v) is 5.18. The van der Waals surface area contributed by atoms with E-state index in [0.717, 1.165) is 12.8 Å². The zero-order valence-corrected chi connectivity index (χ0v) is 19.0. The molecule has 0 spiro atoms. The molecule has 28 heavy (non-hydrogen) atoms. The van der Waals surface area contributed by atoms with Crippen LogP contribution in [0.5, 0.6) is 0 Å². The van der Waals surface area contributed by atoms with Gasteiger partial charge in [0.05, 0.1) is 0 Å². The van der Waals surface area contributed by atoms with Crippen LogP contribution in [0.1, 0.15) is 34.2 Å². The van der Waals surface area contributed by atoms with Crippen molar-refractivity contribution in [1.82, 2.24) is 0 Å². The second kappa shape index (κ2) is 9.39. The molecule has 0 saturated heterocycles. The molecule has 1 aliphatic rings. The van der Waals surface area contributed by atoms with Crippen molar-refractivity contribution in [2.45, 2.75) is 26.7 Å². The van der Waals surface area contributed by atoms with E-state index in [4.69, 9.17) is 0 Å². The van der Waals surface area contributed by atoms with Crippen LogP contribution in [-0.4, -0.2) is 0 Å². The van der Waals surface area contributed by atoms with Gasteiger partial charge in [0.1, 0.15) is 0 Å². The molecule has 0 N–H and O–H groups in total. The molecule has 0 atom stereocenters. The molecule has 3 aromatic carbocycles. The Labute approximate surface area is 188 Å². The van der Waals surface area contributed by atoms with E-state index in [2.05, 4.69) is 105 Å². The number of benzene rings is 3. The Hall–Kier alpha value is -2.11. The monoisotopic (exact) mass is 439 g/mol. The van der Waals surface area contributed by atoms with E-state index in [1.165, 1.54) is 44.9 Å². The van der Waals surface area contributed by atoms with Gasteiger partial charge in [-0.1, -0.05) is 94.9 Å². The minimum absolute atomic E-state index is 0. The summed E-state index contributed by atoms with van der Waals surface area (Å²) >= 11 is 0. The van der Waals surface area contributed by atoms with Crippen molar-refractivity contribution in [1.29, 1.82) is 0 Å². The van der Waals surface area contributed by atoms with E-state index in [1.807, 2.05) is 0 Å². The summed E-state index contributed by atoms with van der Waals surface area (Å²) in [7, 11) is 0. The van der Waals surface area contributed by atoms with Crippen LogP contribution in [0.2, 0.25) is 0 Å². The average Bonchev–Trinajstić information content (AvgIpc) is 3.11. The van der Waals surface area contributed by atoms with Crippen LogP contribution in [0.15, 0.2) is 102 Å². The minimum atomic E-state index is 0. The summed E-state index contributed by atoms with van der Waals surface area (Å²) in [6.07, 6.45) is 6.60. The molecule has 4 rings (SSSR count). The standard InChI is InChI=1S/C27H25.Zr/c1-20-9-6-14-24(17-20)27(25-15-7-10-21(2)18-25)26-16-8-13-23(26)19-22-11-4-3-5-12-22;/h3-15,17-18H,16,19H2,1-2H3;/q-1;. The zero-order chi connectivity index (χ0) is 18.6. The number of allylic oxidation sites excluding steroid dienone is 4. The molecule has 0 fully saturated rings. The van der Waals surface area contributed by atoms with Crippen molar-refractivity contribution in [3.63, 3.8) is 0 Å². The van der Waals surface area contributed by atoms with Crippen molar-refractivity contribution in [3.05, 3.63) is 136 Å². The van der Waals surface area contributed by atoms with Crippen LogP contribution in [0.4, 0.5) is 0 Å². The number of aryl methyl sites for hydroxylation is 2. The molecular weight excluding hydrogens is 416 g/mol. The SMILES string of the molecule is Cc1cccc([C-](C2=C(Cc3ccccc3)C=CC2)c2cccc(C)c2)c1.[Zr]. The molecule has 3 aromatic rings. The average molecular weight is 441 g/mol. The van der Waals surface area contributed by atoms with Crippen molar-refractivity contribution in [3.8, 4) is 0 Å². The number of hydrogen-bond donors (Lipinski definition) is 0. The Morgan fingerprint density at radius 2 is 1.36 bits per heavy atom. The Balaban J connectivity index is 0.00000225. The molecule has 138 valence electrons. The first-order chi connectivity index (χ1) is 13.2. The molecule has 0 aliphatic heterocycles. The van der Waals surface area contributed by atoms with Crippen molar-refractivity contribution in [2.24, 2.45) is 0 Å². The van der Waals surface area contributed by atoms with Gasteiger partial charge in [-0.05, 0) is 32.3 Å². The van der Waals surface area contributed by atoms with Crippen LogP contribution in [0.3, 0.4) is 0 Å². The van der Waals surface area contributed by atoms with E-state index in [9.17, 15) is 0 Å². The van der Waals surface area contributed by atoms with Crippen LogP contribution in [0, 0.1) is 19.8 Å². The molecule has 0 unspecified atom stereocenters. The van der Waals surface area contributed by atoms with Crippen LogP contribution >= 0.6 is 0 Å². The fraction of sp³-hybridized carbons (Fsp3) is 0.148. The molecule has 0 bridgehead atoms. The summed E-state index contributed by atoms with van der Waals surface area (Å²) in [4.78, 5) is 0.